The van der Waals surface area contributed by atoms with Crippen LogP contribution in [0.1, 0.15) is 27.2 Å². The molecule has 1 aromatic carbocycles. The van der Waals surface area contributed by atoms with Crippen molar-refractivity contribution in [2.45, 2.75) is 20.8 Å². The molecule has 3 rings (SSSR count). The molecule has 0 saturated carbocycles. The number of hydrogen-bond acceptors (Lipinski definition) is 4. The van der Waals surface area contributed by atoms with Gasteiger partial charge in [0.2, 0.25) is 0 Å². The summed E-state index contributed by atoms with van der Waals surface area (Å²) in [6.45, 7) is 8.72. The molecular formula is C19H23N3O2. The lowest BCUT2D eigenvalue weighted by molar-refractivity contribution is 0.0299. The van der Waals surface area contributed by atoms with Crippen LogP contribution in [0.15, 0.2) is 30.5 Å². The molecule has 1 aromatic heterocycles. The molecule has 0 bridgehead atoms. The Morgan fingerprint density at radius 3 is 2.38 bits per heavy atom. The molecule has 1 fully saturated rings. The molecule has 0 spiro atoms. The zero-order valence-electron chi connectivity index (χ0n) is 14.4. The third-order valence-corrected chi connectivity index (χ3v) is 4.23. The number of carbonyl (C=O) groups is 1. The van der Waals surface area contributed by atoms with Crippen LogP contribution in [-0.4, -0.2) is 42.1 Å². The van der Waals surface area contributed by atoms with E-state index >= 15 is 0 Å². The van der Waals surface area contributed by atoms with Gasteiger partial charge in [-0.15, -0.1) is 0 Å². The number of nitrogens with one attached hydrogen (secondary N) is 1. The summed E-state index contributed by atoms with van der Waals surface area (Å²) in [5.41, 5.74) is 6.08. The summed E-state index contributed by atoms with van der Waals surface area (Å²) in [6.07, 6.45) is 1.71. The molecule has 1 saturated heterocycles. The van der Waals surface area contributed by atoms with Gasteiger partial charge in [0.15, 0.2) is 0 Å². The van der Waals surface area contributed by atoms with Crippen LogP contribution in [0, 0.1) is 20.8 Å². The summed E-state index contributed by atoms with van der Waals surface area (Å²) in [4.78, 5) is 18.5. The lowest BCUT2D eigenvalue weighted by Crippen LogP contribution is -2.41. The van der Waals surface area contributed by atoms with Crippen molar-refractivity contribution in [3.63, 3.8) is 0 Å². The van der Waals surface area contributed by atoms with Crippen molar-refractivity contribution in [3.8, 4) is 0 Å². The molecule has 0 atom stereocenters. The van der Waals surface area contributed by atoms with Crippen molar-refractivity contribution in [1.29, 1.82) is 0 Å². The third-order valence-electron chi connectivity index (χ3n) is 4.23. The number of anilines is 2. The average molecular weight is 325 g/mol. The van der Waals surface area contributed by atoms with Crippen LogP contribution < -0.4 is 5.32 Å². The standard InChI is InChI=1S/C19H23N3O2/c1-13-10-14(2)18(15(3)11-13)21-16-4-5-17(20-12-16)19(23)22-6-8-24-9-7-22/h4-5,10-12,21H,6-9H2,1-3H3. The third kappa shape index (κ3) is 3.57. The van der Waals surface area contributed by atoms with Gasteiger partial charge in [-0.25, -0.2) is 4.98 Å². The quantitative estimate of drug-likeness (QED) is 0.941. The van der Waals surface area contributed by atoms with Crippen molar-refractivity contribution in [3.05, 3.63) is 52.8 Å². The molecule has 2 aromatic rings. The maximum Gasteiger partial charge on any atom is 0.272 e. The highest BCUT2D eigenvalue weighted by Crippen LogP contribution is 2.25. The summed E-state index contributed by atoms with van der Waals surface area (Å²) in [5.74, 6) is -0.0347. The Morgan fingerprint density at radius 1 is 1.12 bits per heavy atom. The van der Waals surface area contributed by atoms with Crippen LogP contribution in [0.2, 0.25) is 0 Å². The van der Waals surface area contributed by atoms with E-state index in [1.165, 1.54) is 16.7 Å². The van der Waals surface area contributed by atoms with E-state index in [4.69, 9.17) is 4.74 Å². The van der Waals surface area contributed by atoms with Gasteiger partial charge >= 0.3 is 0 Å². The van der Waals surface area contributed by atoms with E-state index in [2.05, 4.69) is 43.2 Å². The molecule has 1 aliphatic rings. The van der Waals surface area contributed by atoms with E-state index in [-0.39, 0.29) is 5.91 Å². The largest absolute Gasteiger partial charge is 0.378 e. The van der Waals surface area contributed by atoms with Crippen LogP contribution in [-0.2, 0) is 4.74 Å². The van der Waals surface area contributed by atoms with Gasteiger partial charge in [-0.2, -0.15) is 0 Å². The number of rotatable bonds is 3. The van der Waals surface area contributed by atoms with Crippen LogP contribution in [0.25, 0.3) is 0 Å². The molecule has 24 heavy (non-hydrogen) atoms. The Hall–Kier alpha value is -2.40. The zero-order valence-corrected chi connectivity index (χ0v) is 14.4. The lowest BCUT2D eigenvalue weighted by Gasteiger charge is -2.26. The highest BCUT2D eigenvalue weighted by molar-refractivity contribution is 5.92. The van der Waals surface area contributed by atoms with E-state index < -0.39 is 0 Å². The molecular weight excluding hydrogens is 302 g/mol. The monoisotopic (exact) mass is 325 g/mol. The van der Waals surface area contributed by atoms with Crippen molar-refractivity contribution in [2.75, 3.05) is 31.6 Å². The number of benzene rings is 1. The normalized spacial score (nSPS) is 14.5. The number of hydrogen-bond donors (Lipinski definition) is 1. The van der Waals surface area contributed by atoms with Crippen molar-refractivity contribution in [1.82, 2.24) is 9.88 Å². The van der Waals surface area contributed by atoms with E-state index in [9.17, 15) is 4.79 Å². The number of ether oxygens (including phenoxy) is 1. The molecule has 0 aliphatic carbocycles. The molecule has 5 nitrogen and oxygen atoms in total. The molecule has 1 aliphatic heterocycles. The van der Waals surface area contributed by atoms with E-state index in [0.717, 1.165) is 11.4 Å². The van der Waals surface area contributed by atoms with Crippen molar-refractivity contribution in [2.24, 2.45) is 0 Å². The molecule has 1 amide bonds. The fourth-order valence-electron chi connectivity index (χ4n) is 3.04. The second-order valence-corrected chi connectivity index (χ2v) is 6.24. The first-order chi connectivity index (χ1) is 11.5. The Kier molecular flexibility index (Phi) is 4.81. The molecule has 2 heterocycles. The van der Waals surface area contributed by atoms with Gasteiger partial charge in [0.1, 0.15) is 5.69 Å². The molecule has 0 radical (unpaired) electrons. The van der Waals surface area contributed by atoms with Crippen LogP contribution in [0.4, 0.5) is 11.4 Å². The minimum atomic E-state index is -0.0347. The topological polar surface area (TPSA) is 54.5 Å². The molecule has 5 heteroatoms. The number of aromatic nitrogens is 1. The first-order valence-corrected chi connectivity index (χ1v) is 8.22. The fourth-order valence-corrected chi connectivity index (χ4v) is 3.04. The number of amides is 1. The summed E-state index contributed by atoms with van der Waals surface area (Å²) in [7, 11) is 0. The van der Waals surface area contributed by atoms with Crippen LogP contribution in [0.3, 0.4) is 0 Å². The van der Waals surface area contributed by atoms with E-state index in [1.54, 1.807) is 17.2 Å². The molecule has 126 valence electrons. The highest BCUT2D eigenvalue weighted by Gasteiger charge is 2.19. The summed E-state index contributed by atoms with van der Waals surface area (Å²) in [6, 6.07) is 7.98. The Balaban J connectivity index is 1.74. The summed E-state index contributed by atoms with van der Waals surface area (Å²) in [5, 5.41) is 3.41. The van der Waals surface area contributed by atoms with Gasteiger partial charge in [-0.05, 0) is 44.0 Å². The molecule has 0 unspecified atom stereocenters. The Bertz CT molecular complexity index is 712. The van der Waals surface area contributed by atoms with E-state index in [0.29, 0.717) is 32.0 Å². The minimum Gasteiger partial charge on any atom is -0.378 e. The number of nitrogens with zero attached hydrogens (tertiary/aromatic N) is 2. The van der Waals surface area contributed by atoms with Gasteiger partial charge in [-0.3, -0.25) is 4.79 Å². The maximum atomic E-state index is 12.4. The van der Waals surface area contributed by atoms with Crippen molar-refractivity contribution >= 4 is 17.3 Å². The first-order valence-electron chi connectivity index (χ1n) is 8.22. The minimum absolute atomic E-state index is 0.0347. The van der Waals surface area contributed by atoms with Gasteiger partial charge in [0, 0.05) is 18.8 Å². The Morgan fingerprint density at radius 2 is 1.79 bits per heavy atom. The second kappa shape index (κ2) is 7.01. The smallest absolute Gasteiger partial charge is 0.272 e. The SMILES string of the molecule is Cc1cc(C)c(Nc2ccc(C(=O)N3CCOCC3)nc2)c(C)c1. The lowest BCUT2D eigenvalue weighted by atomic mass is 10.0. The maximum absolute atomic E-state index is 12.4. The van der Waals surface area contributed by atoms with E-state index in [1.807, 2.05) is 6.07 Å². The zero-order chi connectivity index (χ0) is 17.1. The average Bonchev–Trinajstić information content (AvgIpc) is 2.59. The molecule has 1 N–H and O–H groups in total. The number of pyridine rings is 1. The summed E-state index contributed by atoms with van der Waals surface area (Å²) < 4.78 is 5.28. The van der Waals surface area contributed by atoms with Gasteiger partial charge < -0.3 is 15.0 Å². The first kappa shape index (κ1) is 16.5. The number of aryl methyl sites for hydroxylation is 3. The highest BCUT2D eigenvalue weighted by atomic mass is 16.5. The predicted molar refractivity (Wildman–Crippen MR) is 94.9 cm³/mol. The van der Waals surface area contributed by atoms with Gasteiger partial charge in [-0.1, -0.05) is 17.7 Å². The van der Waals surface area contributed by atoms with Crippen LogP contribution >= 0.6 is 0 Å². The number of morpholine rings is 1. The second-order valence-electron chi connectivity index (χ2n) is 6.24. The van der Waals surface area contributed by atoms with Crippen molar-refractivity contribution < 1.29 is 9.53 Å². The number of carbonyl (C=O) groups excluding carboxylic acids is 1. The predicted octanol–water partition coefficient (Wildman–Crippen LogP) is 3.22. The summed E-state index contributed by atoms with van der Waals surface area (Å²) >= 11 is 0. The Labute approximate surface area is 142 Å². The van der Waals surface area contributed by atoms with Gasteiger partial charge in [0.05, 0.1) is 25.1 Å². The van der Waals surface area contributed by atoms with Crippen LogP contribution in [0.5, 0.6) is 0 Å². The fraction of sp³-hybridized carbons (Fsp3) is 0.368. The van der Waals surface area contributed by atoms with Gasteiger partial charge in [0.25, 0.3) is 5.91 Å².